The predicted octanol–water partition coefficient (Wildman–Crippen LogP) is 23.0. The molecule has 0 saturated heterocycles. The van der Waals surface area contributed by atoms with E-state index >= 15 is 0 Å². The molecule has 0 saturated carbocycles. The quantitative estimate of drug-likeness (QED) is 0.0206. The summed E-state index contributed by atoms with van der Waals surface area (Å²) in [6.07, 6.45) is 88.0. The zero-order chi connectivity index (χ0) is 57.3. The Balaban J connectivity index is -0.000000542. The van der Waals surface area contributed by atoms with E-state index in [1.54, 1.807) is 0 Å². The fourth-order valence-electron chi connectivity index (χ4n) is 10.2. The number of carbonyl (C=O) groups is 1. The van der Waals surface area contributed by atoms with Crippen molar-refractivity contribution in [2.45, 2.75) is 406 Å². The normalized spacial score (nSPS) is 11.3. The molecule has 9 heteroatoms. The van der Waals surface area contributed by atoms with Crippen molar-refractivity contribution in [3.8, 4) is 0 Å². The fourth-order valence-corrected chi connectivity index (χ4v) is 10.6. The Kier molecular flexibility index (Phi) is 87.4. The molecule has 0 amide bonds. The molecule has 0 aliphatic rings. The number of hydrogen-bond donors (Lipinski definition) is 4. The summed E-state index contributed by atoms with van der Waals surface area (Å²) in [4.78, 5) is 11.0. The van der Waals surface area contributed by atoms with Gasteiger partial charge in [-0.2, -0.15) is 8.42 Å². The predicted molar refractivity (Wildman–Crippen MR) is 342 cm³/mol. The van der Waals surface area contributed by atoms with Crippen LogP contribution >= 0.6 is 0 Å². The summed E-state index contributed by atoms with van der Waals surface area (Å²) in [5.41, 5.74) is 0. The van der Waals surface area contributed by atoms with Gasteiger partial charge in [0.15, 0.2) is 0 Å². The van der Waals surface area contributed by atoms with Crippen molar-refractivity contribution in [3.05, 3.63) is 12.2 Å². The van der Waals surface area contributed by atoms with Crippen LogP contribution in [0, 0.1) is 0 Å². The number of carbonyl (C=O) groups excluding carboxylic acids is 1. The zero-order valence-corrected chi connectivity index (χ0v) is 55.7. The summed E-state index contributed by atoms with van der Waals surface area (Å²) in [5.74, 6) is 0. The van der Waals surface area contributed by atoms with Gasteiger partial charge >= 0.3 is 117 Å². The van der Waals surface area contributed by atoms with Crippen molar-refractivity contribution in [2.75, 3.05) is 13.2 Å². The average molecular weight is 1120 g/mol. The van der Waals surface area contributed by atoms with E-state index in [-0.39, 0.29) is 0 Å². The van der Waals surface area contributed by atoms with Crippen LogP contribution in [0.5, 0.6) is 0 Å². The molecule has 0 aromatic rings. The van der Waals surface area contributed by atoms with Crippen LogP contribution in [0.4, 0.5) is 0 Å². The van der Waals surface area contributed by atoms with Crippen LogP contribution in [0.25, 0.3) is 0 Å². The molecule has 460 valence electrons. The monoisotopic (exact) mass is 1120 g/mol. The van der Waals surface area contributed by atoms with E-state index in [4.69, 9.17) is 27.7 Å². The second kappa shape index (κ2) is 80.4. The summed E-state index contributed by atoms with van der Waals surface area (Å²) in [6, 6.07) is 0. The fraction of sp³-hybridized carbons (Fsp3) is 0.956. The first-order valence-corrected chi connectivity index (χ1v) is 37.1. The molecule has 7 nitrogen and oxygen atoms in total. The Hall–Kier alpha value is 0.200. The Morgan fingerprint density at radius 3 is 0.584 bits per heavy atom. The molecule has 0 unspecified atom stereocenters. The molecule has 4 N–H and O–H groups in total. The largest absolute Gasteiger partial charge is 0.396 e. The van der Waals surface area contributed by atoms with Gasteiger partial charge in [-0.05, 0) is 38.5 Å². The molecule has 0 radical (unpaired) electrons. The maximum absolute atomic E-state index is 11.0. The van der Waals surface area contributed by atoms with Gasteiger partial charge in [-0.3, -0.25) is 9.11 Å². The van der Waals surface area contributed by atoms with Crippen molar-refractivity contribution in [2.24, 2.45) is 0 Å². The third-order valence-corrected chi connectivity index (χ3v) is 15.8. The molecular formula is C68H139NaO7S. The number of rotatable bonds is 61. The van der Waals surface area contributed by atoms with Gasteiger partial charge < -0.3 is 10.2 Å². The maximum atomic E-state index is 11.0. The van der Waals surface area contributed by atoms with E-state index in [0.29, 0.717) is 16.2 Å². The van der Waals surface area contributed by atoms with Crippen LogP contribution in [-0.2, 0) is 15.2 Å². The third-order valence-electron chi connectivity index (χ3n) is 15.3. The van der Waals surface area contributed by atoms with Crippen molar-refractivity contribution >= 4 is 41.4 Å². The van der Waals surface area contributed by atoms with Crippen molar-refractivity contribution in [3.63, 3.8) is 0 Å². The van der Waals surface area contributed by atoms with Crippen LogP contribution in [0.15, 0.2) is 12.2 Å². The number of hydrogen-bond acceptors (Lipinski definition) is 5. The van der Waals surface area contributed by atoms with E-state index in [1.807, 2.05) is 0 Å². The first-order valence-electron chi connectivity index (χ1n) is 34.7. The second-order valence-corrected chi connectivity index (χ2v) is 25.5. The number of unbranched alkanes of at least 4 members (excludes halogenated alkanes) is 55. The molecule has 77 heavy (non-hydrogen) atoms. The van der Waals surface area contributed by atoms with Crippen LogP contribution in [-0.4, -0.2) is 71.9 Å². The number of aliphatic hydroxyl groups excluding tert-OH is 2. The van der Waals surface area contributed by atoms with Crippen molar-refractivity contribution in [1.29, 1.82) is 0 Å². The zero-order valence-electron chi connectivity index (χ0n) is 52.9. The summed E-state index contributed by atoms with van der Waals surface area (Å²) >= 11 is 0.751. The molecule has 0 aliphatic carbocycles. The minimum Gasteiger partial charge on any atom is -0.396 e. The summed E-state index contributed by atoms with van der Waals surface area (Å²) in [5, 5.41) is 17.3. The molecule has 0 bridgehead atoms. The van der Waals surface area contributed by atoms with E-state index in [0.717, 1.165) is 53.6 Å². The smallest absolute Gasteiger partial charge is 0.394 e. The molecule has 0 aromatic carbocycles. The Morgan fingerprint density at radius 2 is 0.429 bits per heavy atom. The van der Waals surface area contributed by atoms with Gasteiger partial charge in [0, 0.05) is 13.2 Å². The summed E-state index contributed by atoms with van der Waals surface area (Å²) in [6.45, 7) is 7.59. The Morgan fingerprint density at radius 1 is 0.286 bits per heavy atom. The molecule has 0 rings (SSSR count). The van der Waals surface area contributed by atoms with E-state index in [9.17, 15) is 4.79 Å². The van der Waals surface area contributed by atoms with E-state index < -0.39 is 10.4 Å². The standard InChI is InChI=1S/C34H67O.C18H36O.C16H34O.Na.H2O4S/c1-2-3-4-5-6-7-8-9-10-11-12-13-14-15-16-17-18-19-20-21-22-23-24-25-26-27-28-29-30-31-32-33-34-35;1-2-3-4-5-6-7-8-9-10-11-12-13-14-15-16-17-18-19;1-2-3-4-5-6-7-8-9-10-11-12-13-14-15-16-17;;1-5(2,3)4/h2-33H2,1H3;9-10,19H,2-8,11-18H2,1H3;17H,2-16H2,1H3;;(H2,1,2,3,4)/b;10-9-;;;. The molecule has 0 aliphatic heterocycles. The summed E-state index contributed by atoms with van der Waals surface area (Å²) in [7, 11) is -4.67. The minimum atomic E-state index is -4.67. The molecule has 0 fully saturated rings. The first-order chi connectivity index (χ1) is 37.6. The molecular weight excluding hydrogens is 984 g/mol. The van der Waals surface area contributed by atoms with Crippen molar-refractivity contribution in [1.82, 2.24) is 0 Å². The maximum Gasteiger partial charge on any atom is 0.394 e. The number of aliphatic hydroxyl groups is 2. The second-order valence-electron chi connectivity index (χ2n) is 23.5. The van der Waals surface area contributed by atoms with Crippen LogP contribution < -0.4 is 0 Å². The first kappa shape index (κ1) is 83.7. The Bertz CT molecular complexity index is 1130. The molecule has 0 heterocycles. The van der Waals surface area contributed by atoms with Gasteiger partial charge in [0.25, 0.3) is 0 Å². The van der Waals surface area contributed by atoms with Gasteiger partial charge in [-0.15, -0.1) is 0 Å². The van der Waals surface area contributed by atoms with Crippen LogP contribution in [0.1, 0.15) is 406 Å². The van der Waals surface area contributed by atoms with Gasteiger partial charge in [0.05, 0.1) is 0 Å². The van der Waals surface area contributed by atoms with Gasteiger partial charge in [0.1, 0.15) is 0 Å². The Labute approximate surface area is 501 Å². The van der Waals surface area contributed by atoms with Crippen molar-refractivity contribution < 1.29 is 32.5 Å². The average Bonchev–Trinajstić information content (AvgIpc) is 3.40. The van der Waals surface area contributed by atoms with E-state index in [2.05, 4.69) is 32.9 Å². The third kappa shape index (κ3) is 105. The van der Waals surface area contributed by atoms with Gasteiger partial charge in [-0.1, -0.05) is 309 Å². The van der Waals surface area contributed by atoms with Gasteiger partial charge in [0.2, 0.25) is 0 Å². The SMILES string of the molecule is CCCCCCCC/C=C\CCCCCCCCO.CCCCCCCCCCCCCCCCCCCCCCCCCCCCCCCCC[C](=O)[Na].CCCCCCCCCCCCCCCCO.O=S(=O)(O)O. The van der Waals surface area contributed by atoms with Gasteiger partial charge in [-0.25, -0.2) is 0 Å². The van der Waals surface area contributed by atoms with Crippen LogP contribution in [0.3, 0.4) is 0 Å². The minimum absolute atomic E-state index is 0.362. The summed E-state index contributed by atoms with van der Waals surface area (Å²) < 4.78 is 32.1. The molecule has 0 atom stereocenters. The number of allylic oxidation sites excluding steroid dienone is 2. The van der Waals surface area contributed by atoms with E-state index in [1.165, 1.54) is 360 Å². The molecule has 0 aromatic heterocycles. The molecule has 0 spiro atoms. The topological polar surface area (TPSA) is 132 Å². The van der Waals surface area contributed by atoms with Crippen LogP contribution in [0.2, 0.25) is 0 Å².